The molecular formula is C23H26F3N5O4. The molecule has 0 aromatic carbocycles. The molecule has 12 heteroatoms. The van der Waals surface area contributed by atoms with Gasteiger partial charge in [0.05, 0.1) is 5.56 Å². The van der Waals surface area contributed by atoms with Crippen molar-refractivity contribution in [2.24, 2.45) is 0 Å². The molecule has 9 nitrogen and oxygen atoms in total. The van der Waals surface area contributed by atoms with Gasteiger partial charge in [0.25, 0.3) is 5.91 Å². The number of piperazine rings is 1. The second kappa shape index (κ2) is 10.2. The Morgan fingerprint density at radius 3 is 2.26 bits per heavy atom. The Labute approximate surface area is 199 Å². The molecule has 3 aromatic rings. The first kappa shape index (κ1) is 25.8. The van der Waals surface area contributed by atoms with Gasteiger partial charge in [-0.3, -0.25) is 14.3 Å². The Bertz CT molecular complexity index is 1190. The number of pyridine rings is 1. The van der Waals surface area contributed by atoms with E-state index < -0.39 is 12.1 Å². The number of amides is 1. The molecule has 1 atom stereocenters. The molecule has 0 aliphatic carbocycles. The highest BCUT2D eigenvalue weighted by Crippen LogP contribution is 2.25. The van der Waals surface area contributed by atoms with Crippen molar-refractivity contribution in [1.82, 2.24) is 19.6 Å². The number of carbonyl (C=O) groups excluding carboxylic acids is 1. The number of carboxylic acids is 1. The predicted octanol–water partition coefficient (Wildman–Crippen LogP) is 3.77. The van der Waals surface area contributed by atoms with E-state index in [0.717, 1.165) is 34.9 Å². The van der Waals surface area contributed by atoms with Gasteiger partial charge in [0.15, 0.2) is 5.82 Å². The van der Waals surface area contributed by atoms with Crippen molar-refractivity contribution in [2.75, 3.05) is 24.5 Å². The summed E-state index contributed by atoms with van der Waals surface area (Å²) < 4.78 is 38.9. The zero-order chi connectivity index (χ0) is 25.9. The molecule has 1 unspecified atom stereocenters. The summed E-state index contributed by atoms with van der Waals surface area (Å²) in [5.41, 5.74) is 3.73. The smallest absolute Gasteiger partial charge is 0.475 e. The molecule has 0 bridgehead atoms. The molecule has 1 fully saturated rings. The molecule has 0 radical (unpaired) electrons. The van der Waals surface area contributed by atoms with Crippen molar-refractivity contribution < 1.29 is 32.4 Å². The third-order valence-electron chi connectivity index (χ3n) is 5.66. The molecule has 0 spiro atoms. The minimum Gasteiger partial charge on any atom is -0.475 e. The second-order valence-corrected chi connectivity index (χ2v) is 8.22. The molecule has 0 saturated carbocycles. The summed E-state index contributed by atoms with van der Waals surface area (Å²) in [6, 6.07) is 8.09. The van der Waals surface area contributed by atoms with Gasteiger partial charge in [-0.15, -0.1) is 0 Å². The normalized spacial score (nSPS) is 16.0. The van der Waals surface area contributed by atoms with Crippen LogP contribution in [-0.4, -0.2) is 68.4 Å². The summed E-state index contributed by atoms with van der Waals surface area (Å²) in [6.07, 6.45) is -1.47. The monoisotopic (exact) mass is 493 g/mol. The summed E-state index contributed by atoms with van der Waals surface area (Å²) in [5, 5.41) is 11.2. The van der Waals surface area contributed by atoms with Crippen molar-refractivity contribution in [3.63, 3.8) is 0 Å². The van der Waals surface area contributed by atoms with E-state index in [9.17, 15) is 18.0 Å². The van der Waals surface area contributed by atoms with E-state index >= 15 is 0 Å². The number of hydrogen-bond donors (Lipinski definition) is 1. The zero-order valence-corrected chi connectivity index (χ0v) is 19.7. The van der Waals surface area contributed by atoms with Gasteiger partial charge in [-0.2, -0.15) is 13.2 Å². The molecule has 4 rings (SSSR count). The van der Waals surface area contributed by atoms with E-state index in [1.165, 1.54) is 0 Å². The Kier molecular flexibility index (Phi) is 7.51. The summed E-state index contributed by atoms with van der Waals surface area (Å²) in [4.78, 5) is 30.5. The highest BCUT2D eigenvalue weighted by atomic mass is 19.4. The van der Waals surface area contributed by atoms with E-state index in [1.807, 2.05) is 54.5 Å². The molecule has 35 heavy (non-hydrogen) atoms. The van der Waals surface area contributed by atoms with E-state index in [2.05, 4.69) is 22.0 Å². The molecule has 3 aromatic heterocycles. The van der Waals surface area contributed by atoms with Crippen LogP contribution < -0.4 is 4.90 Å². The Morgan fingerprint density at radius 1 is 1.11 bits per heavy atom. The van der Waals surface area contributed by atoms with Crippen molar-refractivity contribution in [1.29, 1.82) is 0 Å². The summed E-state index contributed by atoms with van der Waals surface area (Å²) in [6.45, 7) is 10.1. The van der Waals surface area contributed by atoms with E-state index in [-0.39, 0.29) is 11.9 Å². The lowest BCUT2D eigenvalue weighted by molar-refractivity contribution is -0.192. The van der Waals surface area contributed by atoms with Crippen LogP contribution in [0.5, 0.6) is 0 Å². The summed E-state index contributed by atoms with van der Waals surface area (Å²) in [5.74, 6) is -1.23. The minimum absolute atomic E-state index is 0.0702. The number of alkyl halides is 3. The molecular weight excluding hydrogens is 467 g/mol. The SMILES string of the molecule is Cc1cc(-n2c(C)cc(C(=O)N3CCN(c4ccncc4)C(C)C3)c2C)no1.O=C(O)C(F)(F)F. The maximum Gasteiger partial charge on any atom is 0.490 e. The number of aliphatic carboxylic acids is 1. The lowest BCUT2D eigenvalue weighted by atomic mass is 10.1. The van der Waals surface area contributed by atoms with Crippen molar-refractivity contribution in [2.45, 2.75) is 39.9 Å². The lowest BCUT2D eigenvalue weighted by Crippen LogP contribution is -2.53. The predicted molar refractivity (Wildman–Crippen MR) is 121 cm³/mol. The lowest BCUT2D eigenvalue weighted by Gasteiger charge is -2.41. The van der Waals surface area contributed by atoms with Gasteiger partial charge in [-0.1, -0.05) is 5.16 Å². The first-order valence-corrected chi connectivity index (χ1v) is 10.8. The number of nitrogens with zero attached hydrogens (tertiary/aromatic N) is 5. The van der Waals surface area contributed by atoms with Gasteiger partial charge in [-0.25, -0.2) is 4.79 Å². The minimum atomic E-state index is -5.08. The van der Waals surface area contributed by atoms with Crippen LogP contribution in [0.4, 0.5) is 18.9 Å². The van der Waals surface area contributed by atoms with Crippen molar-refractivity contribution in [3.8, 4) is 5.82 Å². The fourth-order valence-electron chi connectivity index (χ4n) is 4.02. The van der Waals surface area contributed by atoms with Crippen LogP contribution >= 0.6 is 0 Å². The number of aryl methyl sites for hydroxylation is 2. The fraction of sp³-hybridized carbons (Fsp3) is 0.391. The van der Waals surface area contributed by atoms with Crippen LogP contribution in [0.2, 0.25) is 0 Å². The standard InChI is InChI=1S/C21H25N5O2.C2HF3O2/c1-14-11-19(17(4)26(14)20-12-16(3)28-23-20)21(27)24-9-10-25(15(2)13-24)18-5-7-22-8-6-18;3-2(4,5)1(6)7/h5-8,11-12,15H,9-10,13H2,1-4H3;(H,6,7). The van der Waals surface area contributed by atoms with Gasteiger partial charge in [0, 0.05) is 61.2 Å². The molecule has 4 heterocycles. The largest absolute Gasteiger partial charge is 0.490 e. The zero-order valence-electron chi connectivity index (χ0n) is 19.7. The summed E-state index contributed by atoms with van der Waals surface area (Å²) >= 11 is 0. The fourth-order valence-corrected chi connectivity index (χ4v) is 4.02. The molecule has 188 valence electrons. The Morgan fingerprint density at radius 2 is 1.74 bits per heavy atom. The van der Waals surface area contributed by atoms with Crippen molar-refractivity contribution >= 4 is 17.6 Å². The van der Waals surface area contributed by atoms with Crippen LogP contribution in [-0.2, 0) is 4.79 Å². The van der Waals surface area contributed by atoms with Crippen molar-refractivity contribution in [3.05, 3.63) is 59.4 Å². The quantitative estimate of drug-likeness (QED) is 0.592. The first-order valence-electron chi connectivity index (χ1n) is 10.8. The third kappa shape index (κ3) is 5.81. The van der Waals surface area contributed by atoms with Gasteiger partial charge in [0.1, 0.15) is 5.76 Å². The maximum absolute atomic E-state index is 13.3. The highest BCUT2D eigenvalue weighted by Gasteiger charge is 2.38. The number of carbonyl (C=O) groups is 2. The highest BCUT2D eigenvalue weighted by molar-refractivity contribution is 5.96. The average Bonchev–Trinajstić information content (AvgIpc) is 3.35. The molecule has 1 amide bonds. The van der Waals surface area contributed by atoms with Crippen LogP contribution in [0.15, 0.2) is 41.2 Å². The van der Waals surface area contributed by atoms with Crippen LogP contribution in [0.3, 0.4) is 0 Å². The van der Waals surface area contributed by atoms with Crippen LogP contribution in [0, 0.1) is 20.8 Å². The first-order chi connectivity index (χ1) is 16.4. The molecule has 1 aliphatic rings. The molecule has 1 N–H and O–H groups in total. The second-order valence-electron chi connectivity index (χ2n) is 8.22. The average molecular weight is 493 g/mol. The van der Waals surface area contributed by atoms with E-state index in [0.29, 0.717) is 18.9 Å². The number of halogens is 3. The van der Waals surface area contributed by atoms with Crippen LogP contribution in [0.25, 0.3) is 5.82 Å². The molecule has 1 aliphatic heterocycles. The van der Waals surface area contributed by atoms with Gasteiger partial charge >= 0.3 is 12.1 Å². The Balaban J connectivity index is 0.000000429. The number of carboxylic acid groups (broad SMARTS) is 1. The van der Waals surface area contributed by atoms with E-state index in [1.54, 1.807) is 12.4 Å². The van der Waals surface area contributed by atoms with Gasteiger partial charge in [0.2, 0.25) is 0 Å². The number of hydrogen-bond acceptors (Lipinski definition) is 6. The van der Waals surface area contributed by atoms with Gasteiger partial charge in [-0.05, 0) is 45.9 Å². The number of aromatic nitrogens is 3. The van der Waals surface area contributed by atoms with Gasteiger partial charge < -0.3 is 19.4 Å². The van der Waals surface area contributed by atoms with E-state index in [4.69, 9.17) is 14.4 Å². The maximum atomic E-state index is 13.3. The Hall–Kier alpha value is -3.83. The third-order valence-corrected chi connectivity index (χ3v) is 5.66. The summed E-state index contributed by atoms with van der Waals surface area (Å²) in [7, 11) is 0. The van der Waals surface area contributed by atoms with Crippen LogP contribution in [0.1, 0.15) is 34.4 Å². The number of anilines is 1. The number of rotatable bonds is 3. The topological polar surface area (TPSA) is 105 Å². The molecule has 1 saturated heterocycles.